The van der Waals surface area contributed by atoms with Gasteiger partial charge in [-0.15, -0.1) is 0 Å². The molecule has 3 fully saturated rings. The molecule has 4 nitrogen and oxygen atoms in total. The number of ether oxygens (including phenoxy) is 1. The van der Waals surface area contributed by atoms with Gasteiger partial charge in [-0.1, -0.05) is 60.7 Å². The van der Waals surface area contributed by atoms with Crippen molar-refractivity contribution in [3.05, 3.63) is 71.8 Å². The molecule has 5 rings (SSSR count). The fourth-order valence-electron chi connectivity index (χ4n) is 4.38. The molecular formula is C22H25NO3. The normalized spacial score (nSPS) is 25.0. The third kappa shape index (κ3) is 2.93. The lowest BCUT2D eigenvalue weighted by molar-refractivity contribution is -0.165. The summed E-state index contributed by atoms with van der Waals surface area (Å²) in [6.45, 7) is 2.69. The van der Waals surface area contributed by atoms with Gasteiger partial charge in [0.1, 0.15) is 11.5 Å². The minimum absolute atomic E-state index is 0.0802. The summed E-state index contributed by atoms with van der Waals surface area (Å²) in [5.41, 5.74) is 0.342. The first-order valence-corrected chi connectivity index (χ1v) is 9.39. The van der Waals surface area contributed by atoms with Crippen molar-refractivity contribution in [2.45, 2.75) is 24.4 Å². The van der Waals surface area contributed by atoms with Crippen molar-refractivity contribution in [2.24, 2.45) is 5.92 Å². The Kier molecular flexibility index (Phi) is 4.79. The van der Waals surface area contributed by atoms with Crippen molar-refractivity contribution in [3.8, 4) is 0 Å². The molecule has 26 heavy (non-hydrogen) atoms. The van der Waals surface area contributed by atoms with Crippen LogP contribution in [0.15, 0.2) is 60.7 Å². The van der Waals surface area contributed by atoms with E-state index in [0.717, 1.165) is 43.6 Å². The Morgan fingerprint density at radius 3 is 1.96 bits per heavy atom. The molecule has 0 saturated carbocycles. The Morgan fingerprint density at radius 2 is 1.54 bits per heavy atom. The van der Waals surface area contributed by atoms with Gasteiger partial charge in [0.25, 0.3) is 0 Å². The monoisotopic (exact) mass is 351 g/mol. The predicted molar refractivity (Wildman–Crippen MR) is 99.8 cm³/mol. The molecule has 3 aliphatic heterocycles. The molecule has 1 atom stereocenters. The van der Waals surface area contributed by atoms with Crippen LogP contribution in [0.4, 0.5) is 0 Å². The molecule has 0 unspecified atom stereocenters. The number of hydrogen-bond acceptors (Lipinski definition) is 4. The Hall–Kier alpha value is -2.17. The molecule has 3 heterocycles. The van der Waals surface area contributed by atoms with Crippen LogP contribution < -0.4 is 0 Å². The van der Waals surface area contributed by atoms with Crippen LogP contribution >= 0.6 is 0 Å². The zero-order valence-electron chi connectivity index (χ0n) is 14.9. The minimum Gasteiger partial charge on any atom is -0.460 e. The quantitative estimate of drug-likeness (QED) is 0.842. The summed E-state index contributed by atoms with van der Waals surface area (Å²) in [5, 5.41) is 10.4. The van der Waals surface area contributed by atoms with Crippen LogP contribution in [0.3, 0.4) is 0 Å². The molecule has 0 aliphatic carbocycles. The van der Waals surface area contributed by atoms with Crippen LogP contribution in [-0.2, 0) is 14.9 Å². The maximum atomic E-state index is 13.4. The smallest absolute Gasteiger partial charge is 0.323 e. The van der Waals surface area contributed by atoms with E-state index in [2.05, 4.69) is 4.90 Å². The highest BCUT2D eigenvalue weighted by Crippen LogP contribution is 2.36. The van der Waals surface area contributed by atoms with E-state index in [-0.39, 0.29) is 18.7 Å². The van der Waals surface area contributed by atoms with Crippen LogP contribution in [0.2, 0.25) is 0 Å². The van der Waals surface area contributed by atoms with E-state index in [1.54, 1.807) is 0 Å². The van der Waals surface area contributed by atoms with E-state index >= 15 is 0 Å². The van der Waals surface area contributed by atoms with Gasteiger partial charge < -0.3 is 9.84 Å². The number of piperidine rings is 3. The first-order valence-electron chi connectivity index (χ1n) is 9.39. The van der Waals surface area contributed by atoms with E-state index in [1.807, 2.05) is 60.7 Å². The van der Waals surface area contributed by atoms with Crippen molar-refractivity contribution < 1.29 is 14.6 Å². The number of carbonyl (C=O) groups is 1. The topological polar surface area (TPSA) is 49.8 Å². The third-order valence-electron chi connectivity index (χ3n) is 5.97. The highest BCUT2D eigenvalue weighted by Gasteiger charge is 2.46. The zero-order valence-corrected chi connectivity index (χ0v) is 14.9. The molecule has 3 saturated heterocycles. The zero-order chi connectivity index (χ0) is 18.0. The molecular weight excluding hydrogens is 326 g/mol. The lowest BCUT2D eigenvalue weighted by Gasteiger charge is -2.45. The van der Waals surface area contributed by atoms with E-state index in [4.69, 9.17) is 4.74 Å². The Bertz CT molecular complexity index is 699. The number of carbonyl (C=O) groups excluding carboxylic acids is 1. The minimum atomic E-state index is -1.19. The molecule has 2 bridgehead atoms. The molecule has 1 N–H and O–H groups in total. The highest BCUT2D eigenvalue weighted by molar-refractivity contribution is 5.88. The maximum Gasteiger partial charge on any atom is 0.323 e. The van der Waals surface area contributed by atoms with E-state index in [9.17, 15) is 9.90 Å². The van der Waals surface area contributed by atoms with Gasteiger partial charge in [0.05, 0.1) is 6.61 Å². The van der Waals surface area contributed by atoms with Gasteiger partial charge in [0, 0.05) is 6.54 Å². The summed E-state index contributed by atoms with van der Waals surface area (Å²) < 4.78 is 6.05. The van der Waals surface area contributed by atoms with Crippen LogP contribution in [0, 0.1) is 5.92 Å². The van der Waals surface area contributed by atoms with Gasteiger partial charge >= 0.3 is 5.97 Å². The first-order chi connectivity index (χ1) is 12.7. The number of benzene rings is 2. The number of rotatable bonds is 5. The molecule has 136 valence electrons. The third-order valence-corrected chi connectivity index (χ3v) is 5.97. The molecule has 0 amide bonds. The summed E-state index contributed by atoms with van der Waals surface area (Å²) in [6, 6.07) is 19.0. The van der Waals surface area contributed by atoms with Gasteiger partial charge in [-0.05, 0) is 43.0 Å². The van der Waals surface area contributed by atoms with Crippen LogP contribution in [0.25, 0.3) is 0 Å². The fourth-order valence-corrected chi connectivity index (χ4v) is 4.38. The summed E-state index contributed by atoms with van der Waals surface area (Å²) >= 11 is 0. The molecule has 3 aliphatic rings. The Balaban J connectivity index is 1.70. The molecule has 0 radical (unpaired) electrons. The first kappa shape index (κ1) is 17.3. The SMILES string of the molecule is O=C(O[C@H]1CN2CCC1CC2)C(CO)(c1ccccc1)c1ccccc1. The molecule has 2 aromatic rings. The van der Waals surface area contributed by atoms with Crippen molar-refractivity contribution in [1.29, 1.82) is 0 Å². The van der Waals surface area contributed by atoms with E-state index in [1.165, 1.54) is 0 Å². The van der Waals surface area contributed by atoms with Crippen LogP contribution in [0.1, 0.15) is 24.0 Å². The summed E-state index contributed by atoms with van der Waals surface area (Å²) in [5.74, 6) is 0.0861. The number of hydrogen-bond donors (Lipinski definition) is 1. The standard InChI is InChI=1S/C22H25NO3/c24-16-22(18-7-3-1-4-8-18,19-9-5-2-6-10-19)21(25)26-20-15-23-13-11-17(20)12-14-23/h1-10,17,20,24H,11-16H2/t20-/m0/s1. The van der Waals surface area contributed by atoms with E-state index < -0.39 is 5.41 Å². The number of aliphatic hydroxyl groups is 1. The average molecular weight is 351 g/mol. The number of nitrogens with zero attached hydrogens (tertiary/aromatic N) is 1. The van der Waals surface area contributed by atoms with E-state index in [0.29, 0.717) is 5.92 Å². The summed E-state index contributed by atoms with van der Waals surface area (Å²) in [4.78, 5) is 15.8. The van der Waals surface area contributed by atoms with Gasteiger partial charge in [-0.2, -0.15) is 0 Å². The second kappa shape index (κ2) is 7.22. The van der Waals surface area contributed by atoms with Gasteiger partial charge in [0.2, 0.25) is 0 Å². The maximum absolute atomic E-state index is 13.4. The predicted octanol–water partition coefficient (Wildman–Crippen LogP) is 2.60. The largest absolute Gasteiger partial charge is 0.460 e. The Morgan fingerprint density at radius 1 is 1.00 bits per heavy atom. The average Bonchev–Trinajstić information content (AvgIpc) is 2.72. The lowest BCUT2D eigenvalue weighted by atomic mass is 9.75. The molecule has 0 spiro atoms. The van der Waals surface area contributed by atoms with Gasteiger partial charge in [-0.3, -0.25) is 9.69 Å². The van der Waals surface area contributed by atoms with Crippen molar-refractivity contribution in [1.82, 2.24) is 4.90 Å². The number of esters is 1. The molecule has 4 heteroatoms. The lowest BCUT2D eigenvalue weighted by Crippen LogP contribution is -2.54. The molecule has 0 aromatic heterocycles. The van der Waals surface area contributed by atoms with Crippen LogP contribution in [-0.4, -0.2) is 48.3 Å². The second-order valence-corrected chi connectivity index (χ2v) is 7.38. The second-order valence-electron chi connectivity index (χ2n) is 7.38. The summed E-state index contributed by atoms with van der Waals surface area (Å²) in [7, 11) is 0. The summed E-state index contributed by atoms with van der Waals surface area (Å²) in [6.07, 6.45) is 2.09. The van der Waals surface area contributed by atoms with Crippen molar-refractivity contribution >= 4 is 5.97 Å². The highest BCUT2D eigenvalue weighted by atomic mass is 16.5. The Labute approximate surface area is 154 Å². The number of fused-ring (bicyclic) bond motifs is 3. The number of aliphatic hydroxyl groups excluding tert-OH is 1. The van der Waals surface area contributed by atoms with Gasteiger partial charge in [-0.25, -0.2) is 0 Å². The van der Waals surface area contributed by atoms with Gasteiger partial charge in [0.15, 0.2) is 0 Å². The molecule has 2 aromatic carbocycles. The fraction of sp³-hybridized carbons (Fsp3) is 0.409. The van der Waals surface area contributed by atoms with Crippen molar-refractivity contribution in [2.75, 3.05) is 26.2 Å². The van der Waals surface area contributed by atoms with Crippen molar-refractivity contribution in [3.63, 3.8) is 0 Å². The van der Waals surface area contributed by atoms with Crippen LogP contribution in [0.5, 0.6) is 0 Å².